The molecule has 29 heavy (non-hydrogen) atoms. The van der Waals surface area contributed by atoms with Gasteiger partial charge in [-0.25, -0.2) is 17.2 Å². The molecule has 2 aromatic rings. The predicted octanol–water partition coefficient (Wildman–Crippen LogP) is 4.47. The second kappa shape index (κ2) is 7.69. The number of nitrogens with one attached hydrogen (secondary N) is 2. The summed E-state index contributed by atoms with van der Waals surface area (Å²) >= 11 is 0. The van der Waals surface area contributed by atoms with Crippen LogP contribution >= 0.6 is 0 Å². The molecule has 4 rings (SSSR count). The van der Waals surface area contributed by atoms with E-state index in [9.17, 15) is 17.2 Å². The lowest BCUT2D eigenvalue weighted by molar-refractivity contribution is 0.112. The van der Waals surface area contributed by atoms with Gasteiger partial charge in [0, 0.05) is 18.2 Å². The Morgan fingerprint density at radius 2 is 1.83 bits per heavy atom. The number of aryl methyl sites for hydroxylation is 1. The van der Waals surface area contributed by atoms with Gasteiger partial charge in [-0.05, 0) is 73.2 Å². The third-order valence-corrected chi connectivity index (χ3v) is 7.19. The van der Waals surface area contributed by atoms with E-state index in [0.717, 1.165) is 32.2 Å². The fourth-order valence-corrected chi connectivity index (χ4v) is 5.06. The zero-order chi connectivity index (χ0) is 20.6. The van der Waals surface area contributed by atoms with Gasteiger partial charge in [0.25, 0.3) is 15.9 Å². The van der Waals surface area contributed by atoms with Gasteiger partial charge in [0.1, 0.15) is 0 Å². The third kappa shape index (κ3) is 4.46. The molecule has 2 aliphatic carbocycles. The minimum atomic E-state index is -3.76. The van der Waals surface area contributed by atoms with E-state index < -0.39 is 21.9 Å². The van der Waals surface area contributed by atoms with Crippen LogP contribution in [-0.4, -0.2) is 26.9 Å². The number of anilines is 1. The highest BCUT2D eigenvalue weighted by Gasteiger charge is 2.57. The van der Waals surface area contributed by atoms with Gasteiger partial charge in [0.15, 0.2) is 0 Å². The minimum absolute atomic E-state index is 0.0757. The van der Waals surface area contributed by atoms with Crippen LogP contribution in [0.25, 0.3) is 0 Å². The summed E-state index contributed by atoms with van der Waals surface area (Å²) in [5, 5.41) is 3.55. The lowest BCUT2D eigenvalue weighted by Crippen LogP contribution is -2.35. The van der Waals surface area contributed by atoms with Gasteiger partial charge in [-0.3, -0.25) is 4.72 Å². The number of hydrogen-bond acceptors (Lipinski definition) is 3. The SMILES string of the molecule is CCCNC1CCc2cc(NS(=O)(=O)c3ccc(C4CC4(F)F)cc3)ccc2C1. The minimum Gasteiger partial charge on any atom is -0.314 e. The lowest BCUT2D eigenvalue weighted by Gasteiger charge is -2.26. The highest BCUT2D eigenvalue weighted by Crippen LogP contribution is 2.55. The van der Waals surface area contributed by atoms with Crippen LogP contribution in [0.5, 0.6) is 0 Å². The van der Waals surface area contributed by atoms with Crippen molar-refractivity contribution >= 4 is 15.7 Å². The topological polar surface area (TPSA) is 58.2 Å². The summed E-state index contributed by atoms with van der Waals surface area (Å²) in [6.07, 6.45) is 3.85. The number of fused-ring (bicyclic) bond motifs is 1. The Bertz CT molecular complexity index is 990. The summed E-state index contributed by atoms with van der Waals surface area (Å²) < 4.78 is 54.4. The second-order valence-electron chi connectivity index (χ2n) is 8.07. The fraction of sp³-hybridized carbons (Fsp3) is 0.455. The average Bonchev–Trinajstić information content (AvgIpc) is 3.34. The van der Waals surface area contributed by atoms with E-state index in [-0.39, 0.29) is 11.3 Å². The van der Waals surface area contributed by atoms with Gasteiger partial charge < -0.3 is 5.32 Å². The predicted molar refractivity (Wildman–Crippen MR) is 110 cm³/mol. The maximum Gasteiger partial charge on any atom is 0.261 e. The molecule has 2 unspecified atom stereocenters. The maximum atomic E-state index is 13.2. The number of benzene rings is 2. The fourth-order valence-electron chi connectivity index (χ4n) is 4.01. The number of halogens is 2. The van der Waals surface area contributed by atoms with E-state index in [4.69, 9.17) is 0 Å². The van der Waals surface area contributed by atoms with Crippen molar-refractivity contribution in [3.05, 3.63) is 59.2 Å². The summed E-state index contributed by atoms with van der Waals surface area (Å²) in [6.45, 7) is 3.16. The molecule has 0 radical (unpaired) electrons. The number of sulfonamides is 1. The summed E-state index contributed by atoms with van der Waals surface area (Å²) in [5.41, 5.74) is 3.43. The lowest BCUT2D eigenvalue weighted by atomic mass is 9.88. The van der Waals surface area contributed by atoms with Crippen LogP contribution in [0.2, 0.25) is 0 Å². The Morgan fingerprint density at radius 1 is 1.10 bits per heavy atom. The summed E-state index contributed by atoms with van der Waals surface area (Å²) in [7, 11) is -3.76. The molecule has 0 heterocycles. The molecular formula is C22H26F2N2O2S. The number of alkyl halides is 2. The molecule has 0 saturated heterocycles. The molecule has 0 aliphatic heterocycles. The molecule has 1 saturated carbocycles. The average molecular weight is 421 g/mol. The highest BCUT2D eigenvalue weighted by atomic mass is 32.2. The first kappa shape index (κ1) is 20.3. The molecule has 0 spiro atoms. The largest absolute Gasteiger partial charge is 0.314 e. The van der Waals surface area contributed by atoms with Crippen molar-refractivity contribution in [3.8, 4) is 0 Å². The first-order chi connectivity index (χ1) is 13.8. The van der Waals surface area contributed by atoms with Gasteiger partial charge in [-0.15, -0.1) is 0 Å². The zero-order valence-electron chi connectivity index (χ0n) is 16.4. The van der Waals surface area contributed by atoms with Crippen LogP contribution in [0.1, 0.15) is 48.8 Å². The van der Waals surface area contributed by atoms with Gasteiger partial charge in [-0.2, -0.15) is 0 Å². The molecule has 156 valence electrons. The quantitative estimate of drug-likeness (QED) is 0.695. The Hall–Kier alpha value is -1.99. The molecule has 7 heteroatoms. The Morgan fingerprint density at radius 3 is 2.48 bits per heavy atom. The monoisotopic (exact) mass is 420 g/mol. The normalized spacial score (nSPS) is 22.7. The van der Waals surface area contributed by atoms with Crippen LogP contribution in [-0.2, 0) is 22.9 Å². The van der Waals surface area contributed by atoms with Crippen molar-refractivity contribution in [2.75, 3.05) is 11.3 Å². The second-order valence-corrected chi connectivity index (χ2v) is 9.75. The van der Waals surface area contributed by atoms with E-state index in [2.05, 4.69) is 17.0 Å². The van der Waals surface area contributed by atoms with Crippen molar-refractivity contribution < 1.29 is 17.2 Å². The number of rotatable bonds is 7. The maximum absolute atomic E-state index is 13.2. The summed E-state index contributed by atoms with van der Waals surface area (Å²) in [6, 6.07) is 11.9. The van der Waals surface area contributed by atoms with Crippen molar-refractivity contribution in [3.63, 3.8) is 0 Å². The molecule has 0 aromatic heterocycles. The Labute approximate surface area is 170 Å². The van der Waals surface area contributed by atoms with Gasteiger partial charge in [0.05, 0.1) is 10.8 Å². The van der Waals surface area contributed by atoms with E-state index in [1.807, 2.05) is 12.1 Å². The standard InChI is InChI=1S/C22H26F2N2O2S/c1-2-11-25-18-7-3-17-13-19(8-4-16(17)12-18)26-29(27,28)20-9-5-15(6-10-20)21-14-22(21,23)24/h4-6,8-10,13,18,21,25-26H,2-3,7,11-12,14H2,1H3. The van der Waals surface area contributed by atoms with Gasteiger partial charge >= 0.3 is 0 Å². The van der Waals surface area contributed by atoms with Crippen molar-refractivity contribution in [2.24, 2.45) is 0 Å². The van der Waals surface area contributed by atoms with Crippen molar-refractivity contribution in [1.82, 2.24) is 5.32 Å². The van der Waals surface area contributed by atoms with Crippen LogP contribution < -0.4 is 10.0 Å². The van der Waals surface area contributed by atoms with E-state index >= 15 is 0 Å². The van der Waals surface area contributed by atoms with Crippen LogP contribution in [0.15, 0.2) is 47.4 Å². The summed E-state index contributed by atoms with van der Waals surface area (Å²) in [4.78, 5) is 0.0757. The number of hydrogen-bond donors (Lipinski definition) is 2. The van der Waals surface area contributed by atoms with E-state index in [0.29, 0.717) is 17.3 Å². The molecule has 0 bridgehead atoms. The molecule has 2 atom stereocenters. The van der Waals surface area contributed by atoms with Gasteiger partial charge in [-0.1, -0.05) is 25.1 Å². The van der Waals surface area contributed by atoms with Crippen LogP contribution in [0.4, 0.5) is 14.5 Å². The molecule has 0 amide bonds. The molecule has 2 N–H and O–H groups in total. The Kier molecular flexibility index (Phi) is 5.38. The molecule has 2 aliphatic rings. The van der Waals surface area contributed by atoms with E-state index in [1.165, 1.54) is 35.4 Å². The first-order valence-electron chi connectivity index (χ1n) is 10.1. The smallest absolute Gasteiger partial charge is 0.261 e. The Balaban J connectivity index is 1.45. The van der Waals surface area contributed by atoms with Gasteiger partial charge in [0.2, 0.25) is 0 Å². The molecule has 4 nitrogen and oxygen atoms in total. The van der Waals surface area contributed by atoms with Crippen LogP contribution in [0.3, 0.4) is 0 Å². The molecule has 2 aromatic carbocycles. The summed E-state index contributed by atoms with van der Waals surface area (Å²) in [5.74, 6) is -3.45. The van der Waals surface area contributed by atoms with E-state index in [1.54, 1.807) is 6.07 Å². The highest BCUT2D eigenvalue weighted by molar-refractivity contribution is 7.92. The molecular weight excluding hydrogens is 394 g/mol. The zero-order valence-corrected chi connectivity index (χ0v) is 17.2. The van der Waals surface area contributed by atoms with Crippen molar-refractivity contribution in [2.45, 2.75) is 61.8 Å². The van der Waals surface area contributed by atoms with Crippen molar-refractivity contribution in [1.29, 1.82) is 0 Å². The molecule has 1 fully saturated rings. The first-order valence-corrected chi connectivity index (χ1v) is 11.6. The van der Waals surface area contributed by atoms with Crippen LogP contribution in [0, 0.1) is 0 Å². The third-order valence-electron chi connectivity index (χ3n) is 5.79.